The molecule has 5 aliphatic rings. The summed E-state index contributed by atoms with van der Waals surface area (Å²) in [4.78, 5) is 24.0. The highest BCUT2D eigenvalue weighted by molar-refractivity contribution is 5.19. The van der Waals surface area contributed by atoms with Gasteiger partial charge in [0.15, 0.2) is 12.6 Å². The van der Waals surface area contributed by atoms with Gasteiger partial charge in [-0.15, -0.1) is 0 Å². The number of hydrogen-bond acceptors (Lipinski definition) is 10. The van der Waals surface area contributed by atoms with E-state index in [-0.39, 0.29) is 79.4 Å². The monoisotopic (exact) mass is 1250 g/mol. The van der Waals surface area contributed by atoms with Crippen LogP contribution in [0.15, 0.2) is 109 Å². The van der Waals surface area contributed by atoms with Gasteiger partial charge >= 0.3 is 0 Å². The molecule has 10 rings (SSSR count). The molecule has 10 heteroatoms. The van der Waals surface area contributed by atoms with Crippen molar-refractivity contribution in [3.05, 3.63) is 165 Å². The van der Waals surface area contributed by atoms with Crippen LogP contribution in [0.5, 0.6) is 0 Å². The van der Waals surface area contributed by atoms with Gasteiger partial charge in [-0.25, -0.2) is 19.9 Å². The maximum absolute atomic E-state index is 5.17. The van der Waals surface area contributed by atoms with E-state index < -0.39 is 0 Å². The second-order valence-corrected chi connectivity index (χ2v) is 23.6. The Hall–Kier alpha value is -5.00. The minimum atomic E-state index is 0. The Labute approximate surface area is 555 Å². The third kappa shape index (κ3) is 60.3. The van der Waals surface area contributed by atoms with E-state index >= 15 is 0 Å². The SMILES string of the molecule is C.C.C.C.C.C.C.C.C.CC1=CCC(C)CC1.CC1=CCC(C)CC1.CC1CCC(C)CC1.CC1COC(C)OC1.CC1COC(C)OC1.Cc1ccc(C)cc1.Cc1ccc(C)nc1.Cc1ccc(C)nc1.Cc1cnc(C)nc1.Cc1cnc(C)nc1. The Morgan fingerprint density at radius 2 is 0.528 bits per heavy atom. The van der Waals surface area contributed by atoms with Gasteiger partial charge in [-0.05, 0) is 194 Å². The third-order valence-electron chi connectivity index (χ3n) is 13.7. The summed E-state index contributed by atoms with van der Waals surface area (Å²) in [6.07, 6.45) is 29.7. The van der Waals surface area contributed by atoms with E-state index in [2.05, 4.69) is 148 Å². The molecule has 0 bridgehead atoms. The fourth-order valence-electron chi connectivity index (χ4n) is 7.65. The van der Waals surface area contributed by atoms with E-state index in [9.17, 15) is 0 Å². The molecular formula is C79H148N6O4. The second kappa shape index (κ2) is 61.8. The van der Waals surface area contributed by atoms with Crippen LogP contribution in [0.4, 0.5) is 0 Å². The smallest absolute Gasteiger partial charge is 0.154 e. The topological polar surface area (TPSA) is 114 Å². The lowest BCUT2D eigenvalue weighted by molar-refractivity contribution is -0.187. The van der Waals surface area contributed by atoms with Crippen molar-refractivity contribution >= 4 is 0 Å². The van der Waals surface area contributed by atoms with Crippen molar-refractivity contribution in [1.82, 2.24) is 29.9 Å². The summed E-state index contributed by atoms with van der Waals surface area (Å²) >= 11 is 0. The average Bonchev–Trinajstić information content (AvgIpc) is 3.44. The van der Waals surface area contributed by atoms with E-state index in [1.807, 2.05) is 119 Å². The first-order chi connectivity index (χ1) is 37.9. The number of hydrogen-bond donors (Lipinski definition) is 0. The molecule has 3 fully saturated rings. The number of rotatable bonds is 0. The van der Waals surface area contributed by atoms with Crippen molar-refractivity contribution in [2.24, 2.45) is 35.5 Å². The summed E-state index contributed by atoms with van der Waals surface area (Å²) in [5.41, 5.74) is 12.6. The quantitative estimate of drug-likeness (QED) is 0.139. The van der Waals surface area contributed by atoms with Crippen molar-refractivity contribution in [3.63, 3.8) is 0 Å². The highest BCUT2D eigenvalue weighted by Crippen LogP contribution is 2.27. The molecule has 10 nitrogen and oxygen atoms in total. The summed E-state index contributed by atoms with van der Waals surface area (Å²) in [5, 5.41) is 0. The van der Waals surface area contributed by atoms with Crippen molar-refractivity contribution in [2.75, 3.05) is 26.4 Å². The van der Waals surface area contributed by atoms with Gasteiger partial charge in [0.2, 0.25) is 0 Å². The molecule has 0 radical (unpaired) electrons. The third-order valence-corrected chi connectivity index (χ3v) is 13.7. The highest BCUT2D eigenvalue weighted by atomic mass is 16.7. The van der Waals surface area contributed by atoms with Crippen molar-refractivity contribution in [3.8, 4) is 0 Å². The predicted molar refractivity (Wildman–Crippen MR) is 398 cm³/mol. The molecule has 5 aromatic rings. The van der Waals surface area contributed by atoms with Gasteiger partial charge in [-0.1, -0.05) is 205 Å². The molecule has 2 unspecified atom stereocenters. The summed E-state index contributed by atoms with van der Waals surface area (Å²) in [6, 6.07) is 16.6. The second-order valence-electron chi connectivity index (χ2n) is 23.6. The van der Waals surface area contributed by atoms with E-state index in [4.69, 9.17) is 18.9 Å². The van der Waals surface area contributed by atoms with Gasteiger partial charge in [0.1, 0.15) is 11.6 Å². The van der Waals surface area contributed by atoms with Crippen LogP contribution in [0, 0.1) is 105 Å². The molecular weight excluding hydrogens is 1100 g/mol. The van der Waals surface area contributed by atoms with Gasteiger partial charge < -0.3 is 18.9 Å². The standard InChI is InChI=1S/C8H16.2C8H14.C8H10.2C7H9N.2C6H8N2.2C6H12O2.9CH4/c4*1-7-3-5-8(2)6-4-7;2*1-6-3-4-7(2)8-5-6;4*1-5-3-7-6(2)8-4-5;;;;;;;;;/h7-8H,3-6H2,1-2H3;2*3,8H,4-6H2,1-2H3;3-6H,1-2H3;2*3-5H,1-2H3;2*3-4H,1-2H3;2*5-6H,3-4H2,1-2H3;9*1H4. The Morgan fingerprint density at radius 3 is 0.708 bits per heavy atom. The van der Waals surface area contributed by atoms with Crippen LogP contribution in [-0.4, -0.2) is 68.9 Å². The van der Waals surface area contributed by atoms with Gasteiger partial charge in [0.05, 0.1) is 26.4 Å². The molecule has 1 saturated carbocycles. The maximum atomic E-state index is 5.17. The van der Waals surface area contributed by atoms with Crippen molar-refractivity contribution < 1.29 is 18.9 Å². The van der Waals surface area contributed by atoms with Crippen LogP contribution in [-0.2, 0) is 18.9 Å². The van der Waals surface area contributed by atoms with E-state index in [1.165, 1.54) is 86.5 Å². The molecule has 2 aliphatic heterocycles. The number of aryl methyl sites for hydroxylation is 10. The van der Waals surface area contributed by atoms with Crippen LogP contribution >= 0.6 is 0 Å². The molecule has 2 saturated heterocycles. The first-order valence-corrected chi connectivity index (χ1v) is 30.0. The molecule has 6 heterocycles. The lowest BCUT2D eigenvalue weighted by Gasteiger charge is -2.24. The van der Waals surface area contributed by atoms with Gasteiger partial charge in [0, 0.05) is 60.4 Å². The average molecular weight is 1250 g/mol. The minimum Gasteiger partial charge on any atom is -0.353 e. The van der Waals surface area contributed by atoms with Gasteiger partial charge in [-0.2, -0.15) is 0 Å². The van der Waals surface area contributed by atoms with Gasteiger partial charge in [0.25, 0.3) is 0 Å². The molecule has 0 amide bonds. The molecule has 518 valence electrons. The van der Waals surface area contributed by atoms with Crippen LogP contribution in [0.1, 0.15) is 257 Å². The van der Waals surface area contributed by atoms with Crippen LogP contribution < -0.4 is 0 Å². The van der Waals surface area contributed by atoms with Crippen molar-refractivity contribution in [1.29, 1.82) is 0 Å². The zero-order chi connectivity index (χ0) is 59.8. The van der Waals surface area contributed by atoms with Crippen LogP contribution in [0.25, 0.3) is 0 Å². The van der Waals surface area contributed by atoms with Crippen molar-refractivity contribution in [2.45, 2.75) is 282 Å². The summed E-state index contributed by atoms with van der Waals surface area (Å²) in [7, 11) is 0. The summed E-state index contributed by atoms with van der Waals surface area (Å²) < 4.78 is 20.7. The Bertz CT molecular complexity index is 1850. The number of ether oxygens (including phenoxy) is 4. The van der Waals surface area contributed by atoms with Crippen LogP contribution in [0.3, 0.4) is 0 Å². The Morgan fingerprint density at radius 1 is 0.281 bits per heavy atom. The Kier molecular flexibility index (Phi) is 71.5. The summed E-state index contributed by atoms with van der Waals surface area (Å²) in [6.45, 7) is 45.2. The molecule has 0 N–H and O–H groups in total. The maximum Gasteiger partial charge on any atom is 0.154 e. The van der Waals surface area contributed by atoms with Gasteiger partial charge in [-0.3, -0.25) is 9.97 Å². The lowest BCUT2D eigenvalue weighted by atomic mass is 9.84. The lowest BCUT2D eigenvalue weighted by Crippen LogP contribution is -2.27. The largest absolute Gasteiger partial charge is 0.353 e. The number of benzene rings is 1. The molecule has 1 aromatic carbocycles. The fraction of sp³-hybridized carbons (Fsp3) is 0.646. The first kappa shape index (κ1) is 103. The number of aromatic nitrogens is 6. The first-order valence-electron chi connectivity index (χ1n) is 30.0. The van der Waals surface area contributed by atoms with Crippen LogP contribution in [0.2, 0.25) is 0 Å². The number of nitrogens with zero attached hydrogens (tertiary/aromatic N) is 6. The molecule has 2 atom stereocenters. The van der Waals surface area contributed by atoms with E-state index in [0.717, 1.165) is 84.3 Å². The predicted octanol–water partition coefficient (Wildman–Crippen LogP) is 24.0. The molecule has 0 spiro atoms. The minimum absolute atomic E-state index is 0. The number of allylic oxidation sites excluding steroid dienone is 4. The molecule has 4 aromatic heterocycles. The zero-order valence-corrected chi connectivity index (χ0v) is 54.1. The number of pyridine rings is 2. The molecule has 3 aliphatic carbocycles. The molecule has 89 heavy (non-hydrogen) atoms. The normalized spacial score (nSPS) is 20.2. The Balaban J connectivity index is -0.000000113. The zero-order valence-electron chi connectivity index (χ0n) is 54.1. The summed E-state index contributed by atoms with van der Waals surface area (Å²) in [5.74, 6) is 6.73. The fourth-order valence-corrected chi connectivity index (χ4v) is 7.65. The van der Waals surface area contributed by atoms with E-state index in [1.54, 1.807) is 11.1 Å². The van der Waals surface area contributed by atoms with E-state index in [0.29, 0.717) is 11.8 Å². The highest BCUT2D eigenvalue weighted by Gasteiger charge is 2.15.